The van der Waals surface area contributed by atoms with E-state index in [1.54, 1.807) is 19.2 Å². The summed E-state index contributed by atoms with van der Waals surface area (Å²) >= 11 is 5.67. The van der Waals surface area contributed by atoms with Crippen molar-refractivity contribution >= 4 is 12.2 Å². The first-order chi connectivity index (χ1) is 13.6. The van der Waals surface area contributed by atoms with Crippen LogP contribution in [0.1, 0.15) is 11.7 Å². The Hall–Kier alpha value is -2.48. The van der Waals surface area contributed by atoms with Crippen LogP contribution in [0.25, 0.3) is 5.69 Å². The number of hydrogen-bond acceptors (Lipinski definition) is 4. The lowest BCUT2D eigenvalue weighted by molar-refractivity contribution is -0.0405. The van der Waals surface area contributed by atoms with Crippen LogP contribution >= 0.6 is 12.2 Å². The summed E-state index contributed by atoms with van der Waals surface area (Å²) in [5, 5.41) is 0. The Morgan fingerprint density at radius 3 is 2.57 bits per heavy atom. The lowest BCUT2D eigenvalue weighted by Crippen LogP contribution is -2.39. The molecule has 0 bridgehead atoms. The highest BCUT2D eigenvalue weighted by Gasteiger charge is 2.22. The van der Waals surface area contributed by atoms with Gasteiger partial charge in [0.05, 0.1) is 26.5 Å². The molecule has 1 saturated heterocycles. The zero-order chi connectivity index (χ0) is 19.5. The first kappa shape index (κ1) is 18.9. The quantitative estimate of drug-likeness (QED) is 0.602. The largest absolute Gasteiger partial charge is 0.497 e. The normalized spacial score (nSPS) is 17.6. The van der Waals surface area contributed by atoms with E-state index >= 15 is 0 Å². The second kappa shape index (κ2) is 8.26. The number of imidazole rings is 1. The fraction of sp³-hybridized carbons (Fsp3) is 0.286. The van der Waals surface area contributed by atoms with Crippen LogP contribution in [0.2, 0.25) is 0 Å². The average Bonchev–Trinajstić information content (AvgIpc) is 3.09. The molecule has 5 nitrogen and oxygen atoms in total. The molecule has 0 aliphatic carbocycles. The van der Waals surface area contributed by atoms with Crippen molar-refractivity contribution < 1.29 is 13.9 Å². The van der Waals surface area contributed by atoms with E-state index in [4.69, 9.17) is 21.7 Å². The van der Waals surface area contributed by atoms with E-state index in [9.17, 15) is 4.39 Å². The van der Waals surface area contributed by atoms with E-state index in [0.29, 0.717) is 13.3 Å². The van der Waals surface area contributed by atoms with E-state index in [2.05, 4.69) is 4.90 Å². The molecule has 7 heteroatoms. The number of morpholine rings is 1. The maximum absolute atomic E-state index is 13.2. The molecule has 1 aliphatic heterocycles. The maximum atomic E-state index is 13.2. The smallest absolute Gasteiger partial charge is 0.185 e. The van der Waals surface area contributed by atoms with Gasteiger partial charge in [-0.3, -0.25) is 9.47 Å². The van der Waals surface area contributed by atoms with Crippen molar-refractivity contribution in [1.29, 1.82) is 0 Å². The predicted octanol–water partition coefficient (Wildman–Crippen LogP) is 4.19. The fourth-order valence-electron chi connectivity index (χ4n) is 3.39. The lowest BCUT2D eigenvalue weighted by atomic mass is 10.1. The standard InChI is InChI=1S/C21H22FN3O2S/c1-26-19-8-6-18(7-9-19)25-11-10-24(21(25)28)15-23-12-13-27-20(14-23)16-2-4-17(22)5-3-16/h2-11,20H,12-15H2,1H3. The molecule has 28 heavy (non-hydrogen) atoms. The molecular weight excluding hydrogens is 377 g/mol. The van der Waals surface area contributed by atoms with Gasteiger partial charge in [0.15, 0.2) is 4.77 Å². The molecule has 1 atom stereocenters. The number of hydrogen-bond donors (Lipinski definition) is 0. The molecule has 146 valence electrons. The van der Waals surface area contributed by atoms with Crippen LogP contribution < -0.4 is 4.74 Å². The average molecular weight is 399 g/mol. The van der Waals surface area contributed by atoms with Crippen LogP contribution in [0.5, 0.6) is 5.75 Å². The fourth-order valence-corrected chi connectivity index (χ4v) is 3.67. The molecule has 3 aromatic rings. The molecule has 1 fully saturated rings. The van der Waals surface area contributed by atoms with E-state index < -0.39 is 0 Å². The lowest BCUT2D eigenvalue weighted by Gasteiger charge is -2.33. The van der Waals surface area contributed by atoms with Gasteiger partial charge in [-0.15, -0.1) is 0 Å². The van der Waals surface area contributed by atoms with Gasteiger partial charge in [-0.1, -0.05) is 12.1 Å². The van der Waals surface area contributed by atoms with Crippen molar-refractivity contribution in [2.24, 2.45) is 0 Å². The summed E-state index contributed by atoms with van der Waals surface area (Å²) in [6.07, 6.45) is 3.91. The highest BCUT2D eigenvalue weighted by atomic mass is 32.1. The van der Waals surface area contributed by atoms with Gasteiger partial charge in [0, 0.05) is 31.2 Å². The number of aromatic nitrogens is 2. The molecule has 1 aromatic heterocycles. The Morgan fingerprint density at radius 1 is 1.11 bits per heavy atom. The summed E-state index contributed by atoms with van der Waals surface area (Å²) in [7, 11) is 1.65. The second-order valence-corrected chi connectivity index (χ2v) is 7.11. The van der Waals surface area contributed by atoms with Crippen molar-refractivity contribution in [2.75, 3.05) is 26.8 Å². The third-order valence-corrected chi connectivity index (χ3v) is 5.37. The first-order valence-corrected chi connectivity index (χ1v) is 9.56. The number of benzene rings is 2. The van der Waals surface area contributed by atoms with Gasteiger partial charge in [-0.25, -0.2) is 4.39 Å². The third-order valence-electron chi connectivity index (χ3n) is 4.94. The van der Waals surface area contributed by atoms with Crippen molar-refractivity contribution in [2.45, 2.75) is 12.8 Å². The molecule has 2 heterocycles. The van der Waals surface area contributed by atoms with Crippen LogP contribution in [0.15, 0.2) is 60.9 Å². The Labute approximate surface area is 168 Å². The van der Waals surface area contributed by atoms with Crippen molar-refractivity contribution in [3.05, 3.63) is 77.1 Å². The molecular formula is C21H22FN3O2S. The summed E-state index contributed by atoms with van der Waals surface area (Å²) < 4.78 is 29.0. The highest BCUT2D eigenvalue weighted by molar-refractivity contribution is 7.71. The van der Waals surface area contributed by atoms with Crippen LogP contribution in [-0.4, -0.2) is 40.8 Å². The molecule has 4 rings (SSSR count). The molecule has 0 amide bonds. The minimum atomic E-state index is -0.234. The highest BCUT2D eigenvalue weighted by Crippen LogP contribution is 2.23. The third kappa shape index (κ3) is 4.01. The number of ether oxygens (including phenoxy) is 2. The Kier molecular flexibility index (Phi) is 5.57. The molecule has 1 aliphatic rings. The first-order valence-electron chi connectivity index (χ1n) is 9.15. The van der Waals surface area contributed by atoms with Crippen molar-refractivity contribution in [1.82, 2.24) is 14.0 Å². The van der Waals surface area contributed by atoms with Gasteiger partial charge in [0.1, 0.15) is 11.6 Å². The molecule has 0 N–H and O–H groups in total. The van der Waals surface area contributed by atoms with E-state index in [1.165, 1.54) is 12.1 Å². The number of nitrogens with zero attached hydrogens (tertiary/aromatic N) is 3. The van der Waals surface area contributed by atoms with E-state index in [0.717, 1.165) is 34.9 Å². The van der Waals surface area contributed by atoms with Crippen molar-refractivity contribution in [3.63, 3.8) is 0 Å². The molecule has 0 radical (unpaired) electrons. The number of halogens is 1. The van der Waals surface area contributed by atoms with Crippen LogP contribution in [0, 0.1) is 10.6 Å². The number of rotatable bonds is 5. The van der Waals surface area contributed by atoms with E-state index in [-0.39, 0.29) is 11.9 Å². The van der Waals surface area contributed by atoms with Gasteiger partial charge in [0.2, 0.25) is 0 Å². The predicted molar refractivity (Wildman–Crippen MR) is 108 cm³/mol. The molecule has 0 saturated carbocycles. The van der Waals surface area contributed by atoms with Crippen molar-refractivity contribution in [3.8, 4) is 11.4 Å². The monoisotopic (exact) mass is 399 g/mol. The summed E-state index contributed by atoms with van der Waals surface area (Å²) in [4.78, 5) is 2.30. The van der Waals surface area contributed by atoms with Crippen LogP contribution in [-0.2, 0) is 11.4 Å². The Morgan fingerprint density at radius 2 is 1.86 bits per heavy atom. The molecule has 0 spiro atoms. The minimum Gasteiger partial charge on any atom is -0.497 e. The Balaban J connectivity index is 1.47. The summed E-state index contributed by atoms with van der Waals surface area (Å²) in [5.41, 5.74) is 1.99. The topological polar surface area (TPSA) is 31.6 Å². The summed E-state index contributed by atoms with van der Waals surface area (Å²) in [6, 6.07) is 14.3. The number of methoxy groups -OCH3 is 1. The van der Waals surface area contributed by atoms with Gasteiger partial charge < -0.3 is 14.0 Å². The Bertz CT molecular complexity index is 982. The van der Waals surface area contributed by atoms with Gasteiger partial charge in [-0.2, -0.15) is 0 Å². The van der Waals surface area contributed by atoms with Gasteiger partial charge >= 0.3 is 0 Å². The van der Waals surface area contributed by atoms with Crippen LogP contribution in [0.3, 0.4) is 0 Å². The molecule has 1 unspecified atom stereocenters. The molecule has 2 aromatic carbocycles. The zero-order valence-corrected chi connectivity index (χ0v) is 16.4. The van der Waals surface area contributed by atoms with E-state index in [1.807, 2.05) is 45.8 Å². The zero-order valence-electron chi connectivity index (χ0n) is 15.6. The minimum absolute atomic E-state index is 0.0628. The second-order valence-electron chi connectivity index (χ2n) is 6.75. The summed E-state index contributed by atoms with van der Waals surface area (Å²) in [6.45, 7) is 2.88. The van der Waals surface area contributed by atoms with Gasteiger partial charge in [0.25, 0.3) is 0 Å². The van der Waals surface area contributed by atoms with Gasteiger partial charge in [-0.05, 0) is 54.2 Å². The SMILES string of the molecule is COc1ccc(-n2ccn(CN3CCOC(c4ccc(F)cc4)C3)c2=S)cc1. The maximum Gasteiger partial charge on any atom is 0.185 e. The van der Waals surface area contributed by atoms with Crippen LogP contribution in [0.4, 0.5) is 4.39 Å². The summed E-state index contributed by atoms with van der Waals surface area (Å²) in [5.74, 6) is 0.581.